The molecule has 276 valence electrons. The van der Waals surface area contributed by atoms with Crippen LogP contribution < -0.4 is 31.7 Å². The van der Waals surface area contributed by atoms with Gasteiger partial charge in [0.25, 0.3) is 5.91 Å². The number of aromatic nitrogens is 2. The number of para-hydroxylation sites is 1. The predicted molar refractivity (Wildman–Crippen MR) is 191 cm³/mol. The third-order valence-electron chi connectivity index (χ3n) is 7.96. The number of amides is 5. The number of imidazole rings is 1. The molecule has 0 saturated carbocycles. The van der Waals surface area contributed by atoms with Crippen LogP contribution >= 0.6 is 0 Å². The molecular weight excluding hydrogens is 654 g/mol. The second-order valence-corrected chi connectivity index (χ2v) is 13.4. The van der Waals surface area contributed by atoms with E-state index in [0.717, 1.165) is 5.56 Å². The van der Waals surface area contributed by atoms with Crippen LogP contribution in [0, 0.1) is 11.8 Å². The highest BCUT2D eigenvalue weighted by Crippen LogP contribution is 2.14. The van der Waals surface area contributed by atoms with Gasteiger partial charge in [0.15, 0.2) is 6.61 Å². The number of nitrogens with two attached hydrogens (primary N) is 1. The van der Waals surface area contributed by atoms with Crippen LogP contribution in [0.1, 0.15) is 58.2 Å². The molecule has 3 rings (SSSR count). The molecule has 0 spiro atoms. The molecule has 14 nitrogen and oxygen atoms in total. The van der Waals surface area contributed by atoms with Gasteiger partial charge in [-0.3, -0.25) is 24.0 Å². The van der Waals surface area contributed by atoms with Crippen molar-refractivity contribution >= 4 is 29.5 Å². The number of carbonyl (C=O) groups is 5. The first kappa shape index (κ1) is 40.2. The predicted octanol–water partition coefficient (Wildman–Crippen LogP) is 1.54. The van der Waals surface area contributed by atoms with Crippen molar-refractivity contribution in [3.8, 4) is 5.75 Å². The summed E-state index contributed by atoms with van der Waals surface area (Å²) in [5, 5.41) is 22.2. The summed E-state index contributed by atoms with van der Waals surface area (Å²) in [5.74, 6) is -2.50. The van der Waals surface area contributed by atoms with Gasteiger partial charge in [-0.2, -0.15) is 0 Å². The van der Waals surface area contributed by atoms with Gasteiger partial charge in [0.05, 0.1) is 24.9 Å². The molecule has 0 saturated heterocycles. The van der Waals surface area contributed by atoms with Crippen molar-refractivity contribution in [3.05, 3.63) is 84.4 Å². The largest absolute Gasteiger partial charge is 0.484 e. The first-order valence-electron chi connectivity index (χ1n) is 17.2. The molecule has 0 radical (unpaired) electrons. The Kier molecular flexibility index (Phi) is 16.1. The van der Waals surface area contributed by atoms with Crippen molar-refractivity contribution in [1.82, 2.24) is 31.2 Å². The van der Waals surface area contributed by atoms with E-state index in [1.54, 1.807) is 24.3 Å². The monoisotopic (exact) mass is 705 g/mol. The Morgan fingerprint density at radius 2 is 1.37 bits per heavy atom. The van der Waals surface area contributed by atoms with E-state index in [-0.39, 0.29) is 37.7 Å². The van der Waals surface area contributed by atoms with Crippen LogP contribution in [0.25, 0.3) is 0 Å². The summed E-state index contributed by atoms with van der Waals surface area (Å²) in [5.41, 5.74) is 6.99. The SMILES string of the molecule is CC(C)C[C@H](NC(=O)C[C@H](O)[C@H](CC(C)C)NC(=O)[C@H](Cc1cnc[nH]1)NC(=O)COc1ccccc1)C(=O)N[C@@H](Cc1ccccc1)C(N)=O. The van der Waals surface area contributed by atoms with Gasteiger partial charge in [-0.05, 0) is 42.4 Å². The highest BCUT2D eigenvalue weighted by molar-refractivity contribution is 5.92. The molecule has 3 aromatic rings. The Hall–Kier alpha value is -5.24. The van der Waals surface area contributed by atoms with Crippen molar-refractivity contribution in [2.24, 2.45) is 17.6 Å². The number of primary amides is 1. The Bertz CT molecular complexity index is 1540. The number of hydrogen-bond acceptors (Lipinski definition) is 8. The zero-order valence-corrected chi connectivity index (χ0v) is 29.6. The Balaban J connectivity index is 1.67. The average Bonchev–Trinajstić information content (AvgIpc) is 3.59. The lowest BCUT2D eigenvalue weighted by Crippen LogP contribution is -2.56. The fourth-order valence-corrected chi connectivity index (χ4v) is 5.46. The number of nitrogens with zero attached hydrogens (tertiary/aromatic N) is 1. The molecule has 0 unspecified atom stereocenters. The molecule has 5 atom stereocenters. The van der Waals surface area contributed by atoms with E-state index in [4.69, 9.17) is 10.5 Å². The van der Waals surface area contributed by atoms with Crippen LogP contribution in [-0.4, -0.2) is 81.5 Å². The maximum Gasteiger partial charge on any atom is 0.258 e. The summed E-state index contributed by atoms with van der Waals surface area (Å²) in [4.78, 5) is 72.2. The average molecular weight is 706 g/mol. The highest BCUT2D eigenvalue weighted by atomic mass is 16.5. The third kappa shape index (κ3) is 14.6. The topological polar surface area (TPSA) is 218 Å². The van der Waals surface area contributed by atoms with Gasteiger partial charge in [0, 0.05) is 24.7 Å². The summed E-state index contributed by atoms with van der Waals surface area (Å²) in [6, 6.07) is 13.9. The van der Waals surface area contributed by atoms with Crippen molar-refractivity contribution in [2.75, 3.05) is 6.61 Å². The molecule has 5 amide bonds. The van der Waals surface area contributed by atoms with Gasteiger partial charge in [0.2, 0.25) is 23.6 Å². The van der Waals surface area contributed by atoms with Crippen molar-refractivity contribution in [2.45, 2.75) is 90.1 Å². The molecule has 8 N–H and O–H groups in total. The Morgan fingerprint density at radius 1 is 0.765 bits per heavy atom. The minimum Gasteiger partial charge on any atom is -0.484 e. The number of nitrogens with one attached hydrogen (secondary N) is 5. The van der Waals surface area contributed by atoms with Crippen LogP contribution in [0.2, 0.25) is 0 Å². The van der Waals surface area contributed by atoms with E-state index >= 15 is 0 Å². The first-order valence-corrected chi connectivity index (χ1v) is 17.2. The minimum atomic E-state index is -1.33. The summed E-state index contributed by atoms with van der Waals surface area (Å²) in [7, 11) is 0. The summed E-state index contributed by atoms with van der Waals surface area (Å²) < 4.78 is 5.53. The Morgan fingerprint density at radius 3 is 1.96 bits per heavy atom. The molecule has 0 bridgehead atoms. The molecule has 14 heteroatoms. The number of H-pyrrole nitrogens is 1. The summed E-state index contributed by atoms with van der Waals surface area (Å²) in [6.07, 6.45) is 2.08. The lowest BCUT2D eigenvalue weighted by atomic mass is 9.96. The number of benzene rings is 2. The Labute approximate surface area is 298 Å². The van der Waals surface area contributed by atoms with Crippen molar-refractivity contribution in [1.29, 1.82) is 0 Å². The maximum atomic E-state index is 13.6. The molecule has 1 aromatic heterocycles. The van der Waals surface area contributed by atoms with Crippen molar-refractivity contribution < 1.29 is 33.8 Å². The molecule has 0 fully saturated rings. The highest BCUT2D eigenvalue weighted by Gasteiger charge is 2.31. The van der Waals surface area contributed by atoms with Gasteiger partial charge in [-0.1, -0.05) is 76.2 Å². The van der Waals surface area contributed by atoms with Gasteiger partial charge in [-0.25, -0.2) is 4.98 Å². The lowest BCUT2D eigenvalue weighted by Gasteiger charge is -2.29. The van der Waals surface area contributed by atoms with Gasteiger partial charge in [-0.15, -0.1) is 0 Å². The molecule has 51 heavy (non-hydrogen) atoms. The lowest BCUT2D eigenvalue weighted by molar-refractivity contribution is -0.133. The zero-order chi connectivity index (χ0) is 37.3. The smallest absolute Gasteiger partial charge is 0.258 e. The van der Waals surface area contributed by atoms with Crippen LogP contribution in [0.4, 0.5) is 0 Å². The molecule has 1 heterocycles. The molecule has 0 aliphatic heterocycles. The zero-order valence-electron chi connectivity index (χ0n) is 29.6. The van der Waals surface area contributed by atoms with Crippen LogP contribution in [0.5, 0.6) is 5.75 Å². The molecular formula is C37H51N7O7. The normalized spacial score (nSPS) is 14.1. The number of carbonyl (C=O) groups excluding carboxylic acids is 5. The number of ether oxygens (including phenoxy) is 1. The quantitative estimate of drug-likeness (QED) is 0.0861. The maximum absolute atomic E-state index is 13.6. The molecule has 0 aliphatic rings. The second kappa shape index (κ2) is 20.4. The van der Waals surface area contributed by atoms with Crippen molar-refractivity contribution in [3.63, 3.8) is 0 Å². The second-order valence-electron chi connectivity index (χ2n) is 13.4. The number of aromatic amines is 1. The van der Waals surface area contributed by atoms with E-state index in [2.05, 4.69) is 31.2 Å². The number of aliphatic hydroxyl groups excluding tert-OH is 1. The van der Waals surface area contributed by atoms with Gasteiger partial charge >= 0.3 is 0 Å². The fraction of sp³-hybridized carbons (Fsp3) is 0.459. The fourth-order valence-electron chi connectivity index (χ4n) is 5.46. The number of hydrogen-bond donors (Lipinski definition) is 7. The van der Waals surface area contributed by atoms with Crippen LogP contribution in [-0.2, 0) is 36.8 Å². The summed E-state index contributed by atoms with van der Waals surface area (Å²) in [6.45, 7) is 7.26. The van der Waals surface area contributed by atoms with E-state index < -0.39 is 66.2 Å². The molecule has 0 aliphatic carbocycles. The number of rotatable bonds is 21. The molecule has 2 aromatic carbocycles. The van der Waals surface area contributed by atoms with E-state index in [0.29, 0.717) is 17.9 Å². The van der Waals surface area contributed by atoms with E-state index in [9.17, 15) is 29.1 Å². The van der Waals surface area contributed by atoms with E-state index in [1.807, 2.05) is 64.1 Å². The first-order chi connectivity index (χ1) is 24.3. The van der Waals surface area contributed by atoms with Crippen LogP contribution in [0.3, 0.4) is 0 Å². The van der Waals surface area contributed by atoms with Gasteiger partial charge in [0.1, 0.15) is 23.9 Å². The van der Waals surface area contributed by atoms with E-state index in [1.165, 1.54) is 12.5 Å². The minimum absolute atomic E-state index is 0.000196. The standard InChI is InChI=1S/C37H51N7O7/c1-23(2)15-28(43-37(50)31(18-26-20-39-22-40-26)42-34(47)21-51-27-13-9-6-10-14-27)32(45)19-33(46)41-30(16-24(3)4)36(49)44-29(35(38)48)17-25-11-7-5-8-12-25/h5-14,20,22-24,28-32,45H,15-19,21H2,1-4H3,(H2,38,48)(H,39,40)(H,41,46)(H,42,47)(H,43,50)(H,44,49)/t28-,29-,30-,31-,32-/m0/s1. The van der Waals surface area contributed by atoms with Crippen LogP contribution in [0.15, 0.2) is 73.2 Å². The van der Waals surface area contributed by atoms with Gasteiger partial charge < -0.3 is 41.8 Å². The third-order valence-corrected chi connectivity index (χ3v) is 7.96. The summed E-state index contributed by atoms with van der Waals surface area (Å²) >= 11 is 0. The number of aliphatic hydroxyl groups is 1.